The van der Waals surface area contributed by atoms with E-state index in [-0.39, 0.29) is 0 Å². The molecule has 1 aliphatic rings. The summed E-state index contributed by atoms with van der Waals surface area (Å²) in [5.74, 6) is 2.11. The molecule has 0 amide bonds. The Bertz CT molecular complexity index is 649. The fraction of sp³-hybridized carbons (Fsp3) is 0.467. The van der Waals surface area contributed by atoms with Crippen molar-refractivity contribution in [2.45, 2.75) is 38.1 Å². The second kappa shape index (κ2) is 4.86. The van der Waals surface area contributed by atoms with E-state index in [1.165, 1.54) is 19.3 Å². The van der Waals surface area contributed by atoms with Gasteiger partial charge in [0, 0.05) is 6.04 Å². The van der Waals surface area contributed by atoms with Crippen LogP contribution in [-0.4, -0.2) is 9.55 Å². The van der Waals surface area contributed by atoms with Crippen molar-refractivity contribution in [3.8, 4) is 6.07 Å². The third kappa shape index (κ3) is 2.21. The predicted octanol–water partition coefficient (Wildman–Crippen LogP) is 4.01. The van der Waals surface area contributed by atoms with Gasteiger partial charge in [0.05, 0.1) is 17.0 Å². The second-order valence-electron chi connectivity index (χ2n) is 5.34. The number of fused-ring (bicyclic) bond motifs is 1. The van der Waals surface area contributed by atoms with Crippen LogP contribution in [0.25, 0.3) is 11.0 Å². The van der Waals surface area contributed by atoms with Crippen LogP contribution < -0.4 is 0 Å². The maximum absolute atomic E-state index is 9.17. The quantitative estimate of drug-likeness (QED) is 0.790. The molecule has 3 nitrogen and oxygen atoms in total. The first-order valence-electron chi connectivity index (χ1n) is 6.70. The molecule has 98 valence electrons. The SMILES string of the molecule is CC(CC1CC1)n1c(CCl)nc2c(C#N)cccc21. The number of benzene rings is 1. The number of halogens is 1. The minimum absolute atomic E-state index is 0.383. The van der Waals surface area contributed by atoms with E-state index < -0.39 is 0 Å². The van der Waals surface area contributed by atoms with Gasteiger partial charge < -0.3 is 4.57 Å². The first kappa shape index (κ1) is 12.5. The van der Waals surface area contributed by atoms with Crippen molar-refractivity contribution in [2.75, 3.05) is 0 Å². The number of hydrogen-bond acceptors (Lipinski definition) is 2. The van der Waals surface area contributed by atoms with Crippen LogP contribution in [-0.2, 0) is 5.88 Å². The van der Waals surface area contributed by atoms with Crippen molar-refractivity contribution in [2.24, 2.45) is 5.92 Å². The van der Waals surface area contributed by atoms with Gasteiger partial charge in [-0.25, -0.2) is 4.98 Å². The Morgan fingerprint density at radius 2 is 2.32 bits per heavy atom. The van der Waals surface area contributed by atoms with Gasteiger partial charge in [-0.15, -0.1) is 11.6 Å². The van der Waals surface area contributed by atoms with Crippen molar-refractivity contribution < 1.29 is 0 Å². The second-order valence-corrected chi connectivity index (χ2v) is 5.61. The van der Waals surface area contributed by atoms with Crippen LogP contribution in [0.15, 0.2) is 18.2 Å². The lowest BCUT2D eigenvalue weighted by molar-refractivity contribution is 0.477. The van der Waals surface area contributed by atoms with Crippen LogP contribution >= 0.6 is 11.6 Å². The van der Waals surface area contributed by atoms with Gasteiger partial charge in [-0.05, 0) is 31.4 Å². The van der Waals surface area contributed by atoms with E-state index in [2.05, 4.69) is 22.5 Å². The normalized spacial score (nSPS) is 16.5. The molecule has 1 unspecified atom stereocenters. The van der Waals surface area contributed by atoms with Crippen molar-refractivity contribution in [3.05, 3.63) is 29.6 Å². The lowest BCUT2D eigenvalue weighted by Crippen LogP contribution is -2.09. The topological polar surface area (TPSA) is 41.6 Å². The molecular weight excluding hydrogens is 258 g/mol. The molecule has 0 aliphatic heterocycles. The van der Waals surface area contributed by atoms with Crippen LogP contribution in [0.2, 0.25) is 0 Å². The molecule has 1 atom stereocenters. The predicted molar refractivity (Wildman–Crippen MR) is 76.1 cm³/mol. The van der Waals surface area contributed by atoms with Crippen molar-refractivity contribution in [1.29, 1.82) is 5.26 Å². The monoisotopic (exact) mass is 273 g/mol. The van der Waals surface area contributed by atoms with Gasteiger partial charge in [0.1, 0.15) is 17.4 Å². The van der Waals surface area contributed by atoms with Crippen LogP contribution in [0.3, 0.4) is 0 Å². The first-order chi connectivity index (χ1) is 9.24. The summed E-state index contributed by atoms with van der Waals surface area (Å²) in [5, 5.41) is 9.17. The zero-order valence-electron chi connectivity index (χ0n) is 10.9. The number of para-hydroxylation sites is 1. The number of alkyl halides is 1. The average molecular weight is 274 g/mol. The van der Waals surface area contributed by atoms with Gasteiger partial charge in [-0.2, -0.15) is 5.26 Å². The van der Waals surface area contributed by atoms with E-state index in [4.69, 9.17) is 11.6 Å². The smallest absolute Gasteiger partial charge is 0.125 e. The summed E-state index contributed by atoms with van der Waals surface area (Å²) in [4.78, 5) is 4.56. The summed E-state index contributed by atoms with van der Waals surface area (Å²) in [5.41, 5.74) is 2.44. The number of aromatic nitrogens is 2. The van der Waals surface area contributed by atoms with E-state index >= 15 is 0 Å². The molecule has 4 heteroatoms. The molecular formula is C15H16ClN3. The van der Waals surface area contributed by atoms with Crippen LogP contribution in [0.1, 0.15) is 43.6 Å². The minimum Gasteiger partial charge on any atom is -0.324 e. The van der Waals surface area contributed by atoms with Gasteiger partial charge in [0.15, 0.2) is 0 Å². The maximum Gasteiger partial charge on any atom is 0.125 e. The highest BCUT2D eigenvalue weighted by molar-refractivity contribution is 6.16. The van der Waals surface area contributed by atoms with Gasteiger partial charge in [-0.3, -0.25) is 0 Å². The molecule has 1 saturated carbocycles. The van der Waals surface area contributed by atoms with E-state index in [0.29, 0.717) is 17.5 Å². The number of hydrogen-bond donors (Lipinski definition) is 0. The number of imidazole rings is 1. The standard InChI is InChI=1S/C15H16ClN3/c1-10(7-11-5-6-11)19-13-4-2-3-12(9-17)15(13)18-14(19)8-16/h2-4,10-11H,5-8H2,1H3. The third-order valence-electron chi connectivity index (χ3n) is 3.85. The highest BCUT2D eigenvalue weighted by Crippen LogP contribution is 2.38. The molecule has 1 heterocycles. The Kier molecular flexibility index (Phi) is 3.20. The summed E-state index contributed by atoms with van der Waals surface area (Å²) in [6.45, 7) is 2.22. The molecule has 1 fully saturated rings. The van der Waals surface area contributed by atoms with Gasteiger partial charge in [0.25, 0.3) is 0 Å². The molecule has 3 rings (SSSR count). The minimum atomic E-state index is 0.383. The number of nitriles is 1. The fourth-order valence-electron chi connectivity index (χ4n) is 2.78. The molecule has 0 radical (unpaired) electrons. The van der Waals surface area contributed by atoms with Gasteiger partial charge in [0.2, 0.25) is 0 Å². The van der Waals surface area contributed by atoms with Crippen LogP contribution in [0.5, 0.6) is 0 Å². The molecule has 0 spiro atoms. The Balaban J connectivity index is 2.12. The van der Waals surface area contributed by atoms with E-state index in [9.17, 15) is 5.26 Å². The highest BCUT2D eigenvalue weighted by atomic mass is 35.5. The molecule has 1 aromatic heterocycles. The Morgan fingerprint density at radius 3 is 2.95 bits per heavy atom. The summed E-state index contributed by atoms with van der Waals surface area (Å²) in [6.07, 6.45) is 3.86. The van der Waals surface area contributed by atoms with Crippen LogP contribution in [0, 0.1) is 17.2 Å². The van der Waals surface area contributed by atoms with Crippen LogP contribution in [0.4, 0.5) is 0 Å². The molecule has 2 aromatic rings. The average Bonchev–Trinajstić information content (AvgIpc) is 3.14. The van der Waals surface area contributed by atoms with E-state index in [0.717, 1.165) is 22.8 Å². The first-order valence-corrected chi connectivity index (χ1v) is 7.24. The Morgan fingerprint density at radius 1 is 1.53 bits per heavy atom. The summed E-state index contributed by atoms with van der Waals surface area (Å²) >= 11 is 6.03. The molecule has 1 aromatic carbocycles. The zero-order chi connectivity index (χ0) is 13.4. The van der Waals surface area contributed by atoms with Gasteiger partial charge in [-0.1, -0.05) is 18.9 Å². The lowest BCUT2D eigenvalue weighted by Gasteiger charge is -2.16. The molecule has 0 saturated heterocycles. The maximum atomic E-state index is 9.17. The van der Waals surface area contributed by atoms with E-state index in [1.54, 1.807) is 0 Å². The lowest BCUT2D eigenvalue weighted by atomic mass is 10.1. The van der Waals surface area contributed by atoms with E-state index in [1.807, 2.05) is 18.2 Å². The summed E-state index contributed by atoms with van der Waals surface area (Å²) < 4.78 is 2.21. The Labute approximate surface area is 117 Å². The molecule has 19 heavy (non-hydrogen) atoms. The molecule has 1 aliphatic carbocycles. The number of nitrogens with zero attached hydrogens (tertiary/aromatic N) is 3. The third-order valence-corrected chi connectivity index (χ3v) is 4.08. The summed E-state index contributed by atoms with van der Waals surface area (Å²) in [6, 6.07) is 8.35. The van der Waals surface area contributed by atoms with Crippen molar-refractivity contribution in [3.63, 3.8) is 0 Å². The fourth-order valence-corrected chi connectivity index (χ4v) is 2.97. The highest BCUT2D eigenvalue weighted by Gasteiger charge is 2.26. The van der Waals surface area contributed by atoms with Crippen molar-refractivity contribution >= 4 is 22.6 Å². The molecule has 0 N–H and O–H groups in total. The Hall–Kier alpha value is -1.53. The summed E-state index contributed by atoms with van der Waals surface area (Å²) in [7, 11) is 0. The van der Waals surface area contributed by atoms with Crippen molar-refractivity contribution in [1.82, 2.24) is 9.55 Å². The van der Waals surface area contributed by atoms with Gasteiger partial charge >= 0.3 is 0 Å². The molecule has 0 bridgehead atoms. The number of rotatable bonds is 4. The zero-order valence-corrected chi connectivity index (χ0v) is 11.7. The largest absolute Gasteiger partial charge is 0.324 e.